The zero-order chi connectivity index (χ0) is 15.2. The van der Waals surface area contributed by atoms with Crippen molar-refractivity contribution >= 4 is 6.08 Å². The molecule has 3 nitrogen and oxygen atoms in total. The second-order valence-corrected chi connectivity index (χ2v) is 6.68. The minimum absolute atomic E-state index is 0.832. The molecular weight excluding hydrogens is 270 g/mol. The molecule has 0 aliphatic carbocycles. The first kappa shape index (κ1) is 15.7. The lowest BCUT2D eigenvalue weighted by Gasteiger charge is -2.42. The fraction of sp³-hybridized carbons (Fsp3) is 0.579. The van der Waals surface area contributed by atoms with Gasteiger partial charge in [-0.15, -0.1) is 0 Å². The van der Waals surface area contributed by atoms with Crippen LogP contribution in [0.25, 0.3) is 6.08 Å². The summed E-state index contributed by atoms with van der Waals surface area (Å²) < 4.78 is 0. The molecule has 0 N–H and O–H groups in total. The molecule has 120 valence electrons. The molecule has 2 aliphatic heterocycles. The molecule has 0 radical (unpaired) electrons. The number of benzene rings is 1. The van der Waals surface area contributed by atoms with E-state index in [1.165, 1.54) is 57.7 Å². The molecule has 22 heavy (non-hydrogen) atoms. The van der Waals surface area contributed by atoms with E-state index in [9.17, 15) is 0 Å². The van der Waals surface area contributed by atoms with Crippen LogP contribution < -0.4 is 0 Å². The molecule has 3 heteroatoms. The SMILES string of the molecule is CN1CCC(N2CCN(CC=Cc3ccccc3)CC2)CC1. The van der Waals surface area contributed by atoms with Crippen molar-refractivity contribution in [3.05, 3.63) is 42.0 Å². The maximum absolute atomic E-state index is 2.73. The fourth-order valence-corrected chi connectivity index (χ4v) is 3.57. The predicted octanol–water partition coefficient (Wildman–Crippen LogP) is 2.41. The van der Waals surface area contributed by atoms with Gasteiger partial charge in [-0.3, -0.25) is 9.80 Å². The van der Waals surface area contributed by atoms with Gasteiger partial charge in [0.15, 0.2) is 0 Å². The predicted molar refractivity (Wildman–Crippen MR) is 94.0 cm³/mol. The summed E-state index contributed by atoms with van der Waals surface area (Å²) in [5.41, 5.74) is 1.30. The third-order valence-electron chi connectivity index (χ3n) is 5.08. The molecular formula is C19H29N3. The van der Waals surface area contributed by atoms with Crippen LogP contribution >= 0.6 is 0 Å². The van der Waals surface area contributed by atoms with Crippen LogP contribution in [0, 0.1) is 0 Å². The van der Waals surface area contributed by atoms with Gasteiger partial charge in [0.05, 0.1) is 0 Å². The minimum atomic E-state index is 0.832. The maximum Gasteiger partial charge on any atom is 0.0167 e. The highest BCUT2D eigenvalue weighted by molar-refractivity contribution is 5.48. The molecule has 0 spiro atoms. The van der Waals surface area contributed by atoms with E-state index in [2.05, 4.69) is 64.2 Å². The summed E-state index contributed by atoms with van der Waals surface area (Å²) >= 11 is 0. The smallest absolute Gasteiger partial charge is 0.0167 e. The van der Waals surface area contributed by atoms with E-state index < -0.39 is 0 Å². The van der Waals surface area contributed by atoms with Crippen molar-refractivity contribution in [2.75, 3.05) is 52.9 Å². The summed E-state index contributed by atoms with van der Waals surface area (Å²) in [4.78, 5) is 7.76. The molecule has 1 aromatic rings. The first-order valence-electron chi connectivity index (χ1n) is 8.68. The Bertz CT molecular complexity index is 455. The summed E-state index contributed by atoms with van der Waals surface area (Å²) in [6.45, 7) is 8.53. The van der Waals surface area contributed by atoms with Gasteiger partial charge in [-0.2, -0.15) is 0 Å². The molecule has 0 bridgehead atoms. The second kappa shape index (κ2) is 7.91. The summed E-state index contributed by atoms with van der Waals surface area (Å²) in [6, 6.07) is 11.4. The van der Waals surface area contributed by atoms with Crippen molar-refractivity contribution in [2.45, 2.75) is 18.9 Å². The van der Waals surface area contributed by atoms with Crippen LogP contribution in [0.4, 0.5) is 0 Å². The van der Waals surface area contributed by atoms with Gasteiger partial charge in [0.2, 0.25) is 0 Å². The molecule has 1 aromatic carbocycles. The van der Waals surface area contributed by atoms with Crippen LogP contribution in [0.2, 0.25) is 0 Å². The normalized spacial score (nSPS) is 23.3. The highest BCUT2D eigenvalue weighted by atomic mass is 15.3. The van der Waals surface area contributed by atoms with E-state index in [1.54, 1.807) is 0 Å². The fourth-order valence-electron chi connectivity index (χ4n) is 3.57. The highest BCUT2D eigenvalue weighted by Gasteiger charge is 2.25. The van der Waals surface area contributed by atoms with Gasteiger partial charge < -0.3 is 4.90 Å². The van der Waals surface area contributed by atoms with Crippen molar-refractivity contribution in [2.24, 2.45) is 0 Å². The van der Waals surface area contributed by atoms with Crippen LogP contribution in [-0.4, -0.2) is 73.6 Å². The maximum atomic E-state index is 2.73. The standard InChI is InChI=1S/C19H29N3/c1-20-12-9-19(10-13-20)22-16-14-21(15-17-22)11-5-8-18-6-3-2-4-7-18/h2-8,19H,9-17H2,1H3. The third-order valence-corrected chi connectivity index (χ3v) is 5.08. The molecule has 2 aliphatic rings. The lowest BCUT2D eigenvalue weighted by atomic mass is 10.0. The van der Waals surface area contributed by atoms with Crippen LogP contribution in [0.3, 0.4) is 0 Å². The van der Waals surface area contributed by atoms with E-state index in [0.717, 1.165) is 12.6 Å². The summed E-state index contributed by atoms with van der Waals surface area (Å²) in [5.74, 6) is 0. The molecule has 2 saturated heterocycles. The van der Waals surface area contributed by atoms with Crippen LogP contribution in [-0.2, 0) is 0 Å². The monoisotopic (exact) mass is 299 g/mol. The van der Waals surface area contributed by atoms with Gasteiger partial charge >= 0.3 is 0 Å². The largest absolute Gasteiger partial charge is 0.306 e. The van der Waals surface area contributed by atoms with Crippen molar-refractivity contribution in [1.82, 2.24) is 14.7 Å². The average Bonchev–Trinajstić information content (AvgIpc) is 2.57. The van der Waals surface area contributed by atoms with Gasteiger partial charge in [-0.05, 0) is 38.5 Å². The Morgan fingerprint density at radius 2 is 1.64 bits per heavy atom. The van der Waals surface area contributed by atoms with E-state index in [-0.39, 0.29) is 0 Å². The topological polar surface area (TPSA) is 9.72 Å². The Labute approximate surface area is 135 Å². The zero-order valence-corrected chi connectivity index (χ0v) is 13.8. The molecule has 0 atom stereocenters. The quantitative estimate of drug-likeness (QED) is 0.845. The Hall–Kier alpha value is -1.16. The van der Waals surface area contributed by atoms with Gasteiger partial charge in [-0.25, -0.2) is 0 Å². The molecule has 2 heterocycles. The number of hydrogen-bond donors (Lipinski definition) is 0. The first-order valence-corrected chi connectivity index (χ1v) is 8.68. The Morgan fingerprint density at radius 1 is 0.955 bits per heavy atom. The minimum Gasteiger partial charge on any atom is -0.306 e. The number of hydrogen-bond acceptors (Lipinski definition) is 3. The van der Waals surface area contributed by atoms with E-state index in [0.29, 0.717) is 0 Å². The van der Waals surface area contributed by atoms with Gasteiger partial charge in [0, 0.05) is 38.8 Å². The van der Waals surface area contributed by atoms with Gasteiger partial charge in [0.1, 0.15) is 0 Å². The molecule has 2 fully saturated rings. The lowest BCUT2D eigenvalue weighted by Crippen LogP contribution is -2.52. The summed E-state index contributed by atoms with van der Waals surface area (Å²) in [5, 5.41) is 0. The Kier molecular flexibility index (Phi) is 5.65. The third kappa shape index (κ3) is 4.42. The average molecular weight is 299 g/mol. The molecule has 3 rings (SSSR count). The molecule has 0 aromatic heterocycles. The second-order valence-electron chi connectivity index (χ2n) is 6.68. The Balaban J connectivity index is 1.39. The van der Waals surface area contributed by atoms with E-state index >= 15 is 0 Å². The zero-order valence-electron chi connectivity index (χ0n) is 13.8. The Morgan fingerprint density at radius 3 is 2.32 bits per heavy atom. The van der Waals surface area contributed by atoms with Crippen molar-refractivity contribution < 1.29 is 0 Å². The van der Waals surface area contributed by atoms with Crippen molar-refractivity contribution in [3.8, 4) is 0 Å². The van der Waals surface area contributed by atoms with Gasteiger partial charge in [-0.1, -0.05) is 42.5 Å². The summed E-state index contributed by atoms with van der Waals surface area (Å²) in [6.07, 6.45) is 7.25. The number of likely N-dealkylation sites (tertiary alicyclic amines) is 1. The van der Waals surface area contributed by atoms with Crippen LogP contribution in [0.15, 0.2) is 36.4 Å². The molecule has 0 amide bonds. The van der Waals surface area contributed by atoms with E-state index in [1.807, 2.05) is 0 Å². The van der Waals surface area contributed by atoms with Gasteiger partial charge in [0.25, 0.3) is 0 Å². The summed E-state index contributed by atoms with van der Waals surface area (Å²) in [7, 11) is 2.24. The lowest BCUT2D eigenvalue weighted by molar-refractivity contribution is 0.0691. The number of piperidine rings is 1. The highest BCUT2D eigenvalue weighted by Crippen LogP contribution is 2.17. The number of rotatable bonds is 4. The first-order chi connectivity index (χ1) is 10.8. The molecule has 0 saturated carbocycles. The molecule has 0 unspecified atom stereocenters. The van der Waals surface area contributed by atoms with Crippen LogP contribution in [0.5, 0.6) is 0 Å². The van der Waals surface area contributed by atoms with E-state index in [4.69, 9.17) is 0 Å². The van der Waals surface area contributed by atoms with Crippen molar-refractivity contribution in [3.63, 3.8) is 0 Å². The number of piperazine rings is 1. The van der Waals surface area contributed by atoms with Crippen molar-refractivity contribution in [1.29, 1.82) is 0 Å². The number of nitrogens with zero attached hydrogens (tertiary/aromatic N) is 3. The van der Waals surface area contributed by atoms with Crippen LogP contribution in [0.1, 0.15) is 18.4 Å².